The quantitative estimate of drug-likeness (QED) is 0.573. The molecule has 0 radical (unpaired) electrons. The minimum Gasteiger partial charge on any atom is -0.323 e. The topological polar surface area (TPSA) is 114 Å². The van der Waals surface area contributed by atoms with Gasteiger partial charge in [-0.1, -0.05) is 30.0 Å². The van der Waals surface area contributed by atoms with Crippen LogP contribution in [0.25, 0.3) is 0 Å². The van der Waals surface area contributed by atoms with Crippen LogP contribution in [0.15, 0.2) is 35.2 Å². The second-order valence-electron chi connectivity index (χ2n) is 3.01. The molecule has 2 rings (SSSR count). The summed E-state index contributed by atoms with van der Waals surface area (Å²) < 4.78 is 29.2. The Kier molecular flexibility index (Phi) is 4.67. The summed E-state index contributed by atoms with van der Waals surface area (Å²) in [4.78, 5) is -0.0741. The number of nitrogens with one attached hydrogen (secondary N) is 3. The lowest BCUT2D eigenvalue weighted by atomic mass is 10.4. The van der Waals surface area contributed by atoms with Crippen LogP contribution in [0.1, 0.15) is 0 Å². The van der Waals surface area contributed by atoms with Gasteiger partial charge < -0.3 is 5.32 Å². The zero-order chi connectivity index (χ0) is 12.9. The van der Waals surface area contributed by atoms with Crippen molar-refractivity contribution in [3.63, 3.8) is 0 Å². The molecule has 0 atom stereocenters. The summed E-state index contributed by atoms with van der Waals surface area (Å²) in [5, 5.41) is 16.7. The van der Waals surface area contributed by atoms with Gasteiger partial charge in [-0.05, 0) is 12.1 Å². The van der Waals surface area contributed by atoms with Crippen LogP contribution in [0.5, 0.6) is 0 Å². The van der Waals surface area contributed by atoms with Crippen molar-refractivity contribution in [3.8, 4) is 0 Å². The molecular weight excluding hydrogens is 262 g/mol. The number of benzene rings is 1. The summed E-state index contributed by atoms with van der Waals surface area (Å²) in [6.45, 7) is 0. The van der Waals surface area contributed by atoms with Crippen LogP contribution in [0.4, 0.5) is 0 Å². The summed E-state index contributed by atoms with van der Waals surface area (Å²) in [6, 6.07) is 7.42. The molecule has 1 saturated heterocycles. The molecule has 0 amide bonds. The first kappa shape index (κ1) is 13.7. The van der Waals surface area contributed by atoms with Crippen molar-refractivity contribution in [2.45, 2.75) is 4.90 Å². The summed E-state index contributed by atoms with van der Waals surface area (Å²) in [5.41, 5.74) is 0. The highest BCUT2D eigenvalue weighted by Crippen LogP contribution is 2.05. The highest BCUT2D eigenvalue weighted by Gasteiger charge is 2.09. The predicted molar refractivity (Wildman–Crippen MR) is 67.3 cm³/mol. The highest BCUT2D eigenvalue weighted by atomic mass is 32.2. The Labute approximate surface area is 103 Å². The molecule has 0 bridgehead atoms. The van der Waals surface area contributed by atoms with E-state index in [9.17, 15) is 8.42 Å². The minimum absolute atomic E-state index is 0.0741. The van der Waals surface area contributed by atoms with Crippen LogP contribution in [-0.2, 0) is 10.1 Å². The second-order valence-corrected chi connectivity index (χ2v) is 5.42. The standard InChI is InChI=1S/C6H6O3S.C3H5N3S/c7-10(8,9)6-4-2-1-3-5-6;4-2-1-7-3(5)6-2/h1-5H,(H,7,8,9);1H2,(H3,4,5,6). The monoisotopic (exact) mass is 273 g/mol. The van der Waals surface area contributed by atoms with Gasteiger partial charge in [-0.15, -0.1) is 0 Å². The van der Waals surface area contributed by atoms with Gasteiger partial charge in [0.1, 0.15) is 5.84 Å². The first-order valence-corrected chi connectivity index (χ1v) is 6.90. The Morgan fingerprint density at radius 3 is 2.06 bits per heavy atom. The number of hydrogen-bond donors (Lipinski definition) is 4. The minimum atomic E-state index is -4.00. The summed E-state index contributed by atoms with van der Waals surface area (Å²) in [6.07, 6.45) is 0. The molecule has 6 nitrogen and oxygen atoms in total. The molecule has 4 N–H and O–H groups in total. The van der Waals surface area contributed by atoms with Crippen molar-refractivity contribution >= 4 is 32.9 Å². The third-order valence-corrected chi connectivity index (χ3v) is 3.36. The van der Waals surface area contributed by atoms with Crippen LogP contribution in [-0.4, -0.2) is 29.7 Å². The molecule has 0 unspecified atom stereocenters. The molecule has 1 heterocycles. The fourth-order valence-corrected chi connectivity index (χ4v) is 2.00. The SMILES string of the molecule is N=C1CSC(=N)N1.O=S(=O)(O)c1ccccc1. The summed E-state index contributed by atoms with van der Waals surface area (Å²) in [5.74, 6) is 1.08. The lowest BCUT2D eigenvalue weighted by Crippen LogP contribution is -2.18. The Bertz CT molecular complexity index is 500. The van der Waals surface area contributed by atoms with E-state index in [1.807, 2.05) is 0 Å². The molecule has 1 fully saturated rings. The maximum atomic E-state index is 10.4. The third kappa shape index (κ3) is 4.98. The highest BCUT2D eigenvalue weighted by molar-refractivity contribution is 8.14. The van der Waals surface area contributed by atoms with E-state index in [0.717, 1.165) is 0 Å². The normalized spacial score (nSPS) is 14.9. The van der Waals surface area contributed by atoms with E-state index in [1.165, 1.54) is 23.9 Å². The third-order valence-electron chi connectivity index (χ3n) is 1.67. The first-order valence-electron chi connectivity index (χ1n) is 4.48. The van der Waals surface area contributed by atoms with Gasteiger partial charge in [-0.2, -0.15) is 8.42 Å². The molecule has 92 valence electrons. The van der Waals surface area contributed by atoms with E-state index in [-0.39, 0.29) is 4.90 Å². The molecule has 1 aromatic carbocycles. The van der Waals surface area contributed by atoms with Gasteiger partial charge in [0.05, 0.1) is 10.6 Å². The maximum absolute atomic E-state index is 10.4. The van der Waals surface area contributed by atoms with E-state index in [0.29, 0.717) is 16.8 Å². The Hall–Kier alpha value is -1.38. The van der Waals surface area contributed by atoms with Gasteiger partial charge in [0.15, 0.2) is 5.17 Å². The Balaban J connectivity index is 0.000000181. The predicted octanol–water partition coefficient (Wildman–Crippen LogP) is 1.17. The Morgan fingerprint density at radius 1 is 1.24 bits per heavy atom. The number of thioether (sulfide) groups is 1. The molecule has 0 spiro atoms. The van der Waals surface area contributed by atoms with Gasteiger partial charge in [-0.25, -0.2) is 0 Å². The lowest BCUT2D eigenvalue weighted by molar-refractivity contribution is 0.483. The van der Waals surface area contributed by atoms with Gasteiger partial charge in [0.2, 0.25) is 0 Å². The fraction of sp³-hybridized carbons (Fsp3) is 0.111. The fourth-order valence-electron chi connectivity index (χ4n) is 0.946. The largest absolute Gasteiger partial charge is 0.323 e. The molecule has 17 heavy (non-hydrogen) atoms. The zero-order valence-electron chi connectivity index (χ0n) is 8.67. The van der Waals surface area contributed by atoms with Crippen molar-refractivity contribution in [2.75, 3.05) is 5.75 Å². The van der Waals surface area contributed by atoms with Crippen LogP contribution in [0.3, 0.4) is 0 Å². The second kappa shape index (κ2) is 5.80. The van der Waals surface area contributed by atoms with Crippen LogP contribution in [0.2, 0.25) is 0 Å². The number of rotatable bonds is 1. The van der Waals surface area contributed by atoms with Crippen molar-refractivity contribution < 1.29 is 13.0 Å². The van der Waals surface area contributed by atoms with E-state index in [4.69, 9.17) is 15.4 Å². The van der Waals surface area contributed by atoms with Crippen LogP contribution in [0, 0.1) is 10.8 Å². The molecule has 0 aliphatic carbocycles. The van der Waals surface area contributed by atoms with Gasteiger partial charge in [0.25, 0.3) is 10.1 Å². The van der Waals surface area contributed by atoms with Crippen LogP contribution < -0.4 is 5.32 Å². The molecule has 1 aromatic rings. The van der Waals surface area contributed by atoms with Crippen molar-refractivity contribution in [3.05, 3.63) is 30.3 Å². The van der Waals surface area contributed by atoms with E-state index < -0.39 is 10.1 Å². The first-order chi connectivity index (χ1) is 7.89. The molecule has 0 aromatic heterocycles. The van der Waals surface area contributed by atoms with Crippen molar-refractivity contribution in [2.24, 2.45) is 0 Å². The average molecular weight is 273 g/mol. The number of amidine groups is 2. The number of hydrogen-bond acceptors (Lipinski definition) is 5. The smallest absolute Gasteiger partial charge is 0.294 e. The Morgan fingerprint density at radius 2 is 1.82 bits per heavy atom. The van der Waals surface area contributed by atoms with E-state index in [2.05, 4.69) is 5.32 Å². The maximum Gasteiger partial charge on any atom is 0.294 e. The molecule has 1 aliphatic rings. The van der Waals surface area contributed by atoms with Gasteiger partial charge in [0, 0.05) is 0 Å². The molecule has 1 aliphatic heterocycles. The molecule has 0 saturated carbocycles. The molecule has 8 heteroatoms. The van der Waals surface area contributed by atoms with E-state index in [1.54, 1.807) is 18.2 Å². The summed E-state index contributed by atoms with van der Waals surface area (Å²) >= 11 is 1.35. The zero-order valence-corrected chi connectivity index (χ0v) is 10.3. The summed E-state index contributed by atoms with van der Waals surface area (Å²) in [7, 11) is -4.00. The van der Waals surface area contributed by atoms with Crippen molar-refractivity contribution in [1.29, 1.82) is 10.8 Å². The van der Waals surface area contributed by atoms with Gasteiger partial charge >= 0.3 is 0 Å². The average Bonchev–Trinajstić information content (AvgIpc) is 2.63. The van der Waals surface area contributed by atoms with Crippen LogP contribution >= 0.6 is 11.8 Å². The van der Waals surface area contributed by atoms with Crippen molar-refractivity contribution in [1.82, 2.24) is 5.32 Å². The lowest BCUT2D eigenvalue weighted by Gasteiger charge is -1.92. The van der Waals surface area contributed by atoms with Gasteiger partial charge in [-0.3, -0.25) is 15.4 Å². The molecular formula is C9H11N3O3S2. The van der Waals surface area contributed by atoms with E-state index >= 15 is 0 Å².